The van der Waals surface area contributed by atoms with Crippen LogP contribution < -0.4 is 9.46 Å². The topological polar surface area (TPSA) is 102 Å². The van der Waals surface area contributed by atoms with Gasteiger partial charge in [0.2, 0.25) is 15.8 Å². The average molecular weight is 468 g/mol. The molecule has 0 aliphatic carbocycles. The molecule has 0 spiro atoms. The quantitative estimate of drug-likeness (QED) is 0.469. The predicted octanol–water partition coefficient (Wildman–Crippen LogP) is 3.73. The van der Waals surface area contributed by atoms with E-state index in [0.29, 0.717) is 22.7 Å². The lowest BCUT2D eigenvalue weighted by Gasteiger charge is -2.23. The molecule has 30 heavy (non-hydrogen) atoms. The molecule has 1 atom stereocenters. The highest BCUT2D eigenvalue weighted by molar-refractivity contribution is 7.89. The zero-order valence-electron chi connectivity index (χ0n) is 15.7. The van der Waals surface area contributed by atoms with Crippen molar-refractivity contribution < 1.29 is 31.2 Å². The van der Waals surface area contributed by atoms with Crippen LogP contribution in [0.2, 0.25) is 5.02 Å². The molecule has 0 bridgehead atoms. The smallest absolute Gasteiger partial charge is 0.398 e. The number of alkyl halides is 3. The third-order valence-corrected chi connectivity index (χ3v) is 5.50. The molecule has 0 saturated heterocycles. The van der Waals surface area contributed by atoms with Crippen LogP contribution in [0.4, 0.5) is 18.9 Å². The Morgan fingerprint density at radius 1 is 1.20 bits per heavy atom. The van der Waals surface area contributed by atoms with Crippen molar-refractivity contribution in [1.82, 2.24) is 9.62 Å². The molecule has 0 aromatic heterocycles. The number of nitrogens with zero attached hydrogens (tertiary/aromatic N) is 2. The van der Waals surface area contributed by atoms with Crippen molar-refractivity contribution in [2.24, 2.45) is 0 Å². The Hall–Kier alpha value is -2.41. The summed E-state index contributed by atoms with van der Waals surface area (Å²) < 4.78 is 68.9. The minimum atomic E-state index is -5.17. The second-order valence-electron chi connectivity index (χ2n) is 6.42. The first-order valence-electron chi connectivity index (χ1n) is 8.25. The fraction of sp³-hybridized carbons (Fsp3) is 0.294. The summed E-state index contributed by atoms with van der Waals surface area (Å²) in [4.78, 5) is 11.1. The summed E-state index contributed by atoms with van der Waals surface area (Å²) in [6.45, 7) is 0.234. The molecule has 0 fully saturated rings. The summed E-state index contributed by atoms with van der Waals surface area (Å²) in [6, 6.07) is 7.51. The molecule has 2 rings (SSSR count). The molecule has 2 aromatic rings. The molecule has 1 unspecified atom stereocenters. The normalized spacial score (nSPS) is 13.3. The molecule has 13 heteroatoms. The highest BCUT2D eigenvalue weighted by Crippen LogP contribution is 2.34. The van der Waals surface area contributed by atoms with Crippen LogP contribution in [0.3, 0.4) is 0 Å². The fourth-order valence-corrected chi connectivity index (χ4v) is 3.91. The first-order valence-corrected chi connectivity index (χ1v) is 10.1. The standard InChI is InChI=1S/C17H17ClF3N3O5S/c1-23(2)10-14(11-3-5-12(18)6-4-11)22-30(27,28)13-7-8-16(29-17(19,20)21)15(9-13)24(25)26/h3-9,14,22H,10H2,1-2H3. The summed E-state index contributed by atoms with van der Waals surface area (Å²) in [7, 11) is -0.904. The summed E-state index contributed by atoms with van der Waals surface area (Å²) in [6.07, 6.45) is -5.17. The number of rotatable bonds is 8. The van der Waals surface area contributed by atoms with Crippen molar-refractivity contribution in [3.05, 3.63) is 63.2 Å². The van der Waals surface area contributed by atoms with Crippen LogP contribution in [-0.4, -0.2) is 45.2 Å². The molecular formula is C17H17ClF3N3O5S. The Labute approximate surface area is 175 Å². The van der Waals surface area contributed by atoms with E-state index >= 15 is 0 Å². The zero-order chi connectivity index (χ0) is 22.7. The highest BCUT2D eigenvalue weighted by Gasteiger charge is 2.35. The van der Waals surface area contributed by atoms with E-state index in [2.05, 4.69) is 9.46 Å². The van der Waals surface area contributed by atoms with E-state index in [0.717, 1.165) is 6.07 Å². The molecule has 1 N–H and O–H groups in total. The van der Waals surface area contributed by atoms with Gasteiger partial charge in [-0.3, -0.25) is 10.1 Å². The molecular weight excluding hydrogens is 451 g/mol. The SMILES string of the molecule is CN(C)CC(NS(=O)(=O)c1ccc(OC(F)(F)F)c([N+](=O)[O-])c1)c1ccc(Cl)cc1. The number of hydrogen-bond donors (Lipinski definition) is 1. The Balaban J connectivity index is 2.41. The number of sulfonamides is 1. The molecule has 0 amide bonds. The minimum Gasteiger partial charge on any atom is -0.398 e. The second-order valence-corrected chi connectivity index (χ2v) is 8.57. The Bertz CT molecular complexity index is 1010. The van der Waals surface area contributed by atoms with Crippen molar-refractivity contribution in [2.75, 3.05) is 20.6 Å². The number of benzene rings is 2. The number of halogens is 4. The van der Waals surface area contributed by atoms with E-state index in [1.54, 1.807) is 43.3 Å². The highest BCUT2D eigenvalue weighted by atomic mass is 35.5. The van der Waals surface area contributed by atoms with Crippen LogP contribution in [0.15, 0.2) is 47.4 Å². The maximum Gasteiger partial charge on any atom is 0.573 e. The van der Waals surface area contributed by atoms with Gasteiger partial charge in [-0.2, -0.15) is 0 Å². The molecule has 0 heterocycles. The first-order chi connectivity index (χ1) is 13.8. The third kappa shape index (κ3) is 6.55. The maximum atomic E-state index is 12.8. The van der Waals surface area contributed by atoms with E-state index in [1.165, 1.54) is 0 Å². The van der Waals surface area contributed by atoms with Gasteiger partial charge in [0.25, 0.3) is 0 Å². The molecule has 164 valence electrons. The molecule has 0 aliphatic rings. The van der Waals surface area contributed by atoms with E-state index in [9.17, 15) is 31.7 Å². The van der Waals surface area contributed by atoms with Gasteiger partial charge in [-0.25, -0.2) is 13.1 Å². The monoisotopic (exact) mass is 467 g/mol. The van der Waals surface area contributed by atoms with E-state index in [-0.39, 0.29) is 6.54 Å². The summed E-state index contributed by atoms with van der Waals surface area (Å²) in [5.74, 6) is -1.12. The van der Waals surface area contributed by atoms with Gasteiger partial charge in [0.1, 0.15) is 0 Å². The largest absolute Gasteiger partial charge is 0.573 e. The van der Waals surface area contributed by atoms with E-state index in [4.69, 9.17) is 11.6 Å². The zero-order valence-corrected chi connectivity index (χ0v) is 17.3. The Kier molecular flexibility index (Phi) is 7.29. The van der Waals surface area contributed by atoms with Crippen molar-refractivity contribution in [3.63, 3.8) is 0 Å². The van der Waals surface area contributed by atoms with Gasteiger partial charge >= 0.3 is 12.0 Å². The molecule has 8 nitrogen and oxygen atoms in total. The van der Waals surface area contributed by atoms with E-state index < -0.39 is 43.7 Å². The second kappa shape index (κ2) is 9.16. The fourth-order valence-electron chi connectivity index (χ4n) is 2.54. The van der Waals surface area contributed by atoms with Crippen molar-refractivity contribution >= 4 is 27.3 Å². The minimum absolute atomic E-state index is 0.234. The van der Waals surface area contributed by atoms with Gasteiger partial charge in [0.15, 0.2) is 0 Å². The van der Waals surface area contributed by atoms with Gasteiger partial charge in [-0.05, 0) is 43.9 Å². The van der Waals surface area contributed by atoms with Gasteiger partial charge in [-0.1, -0.05) is 23.7 Å². The molecule has 0 saturated carbocycles. The van der Waals surface area contributed by atoms with Gasteiger partial charge in [0.05, 0.1) is 15.9 Å². The lowest BCUT2D eigenvalue weighted by Crippen LogP contribution is -2.35. The molecule has 2 aromatic carbocycles. The average Bonchev–Trinajstić information content (AvgIpc) is 2.59. The van der Waals surface area contributed by atoms with Crippen LogP contribution in [0, 0.1) is 10.1 Å². The first kappa shape index (κ1) is 23.9. The number of likely N-dealkylation sites (N-methyl/N-ethyl adjacent to an activating group) is 1. The maximum absolute atomic E-state index is 12.8. The lowest BCUT2D eigenvalue weighted by molar-refractivity contribution is -0.388. The van der Waals surface area contributed by atoms with Gasteiger partial charge in [-0.15, -0.1) is 13.2 Å². The van der Waals surface area contributed by atoms with Crippen molar-refractivity contribution in [1.29, 1.82) is 0 Å². The molecule has 0 radical (unpaired) electrons. The van der Waals surface area contributed by atoms with Crippen LogP contribution in [-0.2, 0) is 10.0 Å². The summed E-state index contributed by atoms with van der Waals surface area (Å²) >= 11 is 5.85. The number of nitrogens with one attached hydrogen (secondary N) is 1. The number of nitro benzene ring substituents is 1. The lowest BCUT2D eigenvalue weighted by atomic mass is 10.1. The van der Waals surface area contributed by atoms with Gasteiger partial charge in [0, 0.05) is 17.6 Å². The van der Waals surface area contributed by atoms with Crippen LogP contribution in [0.25, 0.3) is 0 Å². The van der Waals surface area contributed by atoms with Crippen molar-refractivity contribution in [3.8, 4) is 5.75 Å². The number of ether oxygens (including phenoxy) is 1. The number of nitro groups is 1. The van der Waals surface area contributed by atoms with Crippen LogP contribution in [0.1, 0.15) is 11.6 Å². The van der Waals surface area contributed by atoms with Crippen molar-refractivity contribution in [2.45, 2.75) is 17.3 Å². The van der Waals surface area contributed by atoms with Crippen LogP contribution in [0.5, 0.6) is 5.75 Å². The van der Waals surface area contributed by atoms with E-state index in [1.807, 2.05) is 0 Å². The third-order valence-electron chi connectivity index (χ3n) is 3.78. The summed E-state index contributed by atoms with van der Waals surface area (Å²) in [5.41, 5.74) is -0.561. The Morgan fingerprint density at radius 2 is 1.80 bits per heavy atom. The predicted molar refractivity (Wildman–Crippen MR) is 103 cm³/mol. The molecule has 0 aliphatic heterocycles. The van der Waals surface area contributed by atoms with Gasteiger partial charge < -0.3 is 9.64 Å². The summed E-state index contributed by atoms with van der Waals surface area (Å²) in [5, 5.41) is 11.6. The Morgan fingerprint density at radius 3 is 2.30 bits per heavy atom. The van der Waals surface area contributed by atoms with Crippen LogP contribution >= 0.6 is 11.6 Å². The number of hydrogen-bond acceptors (Lipinski definition) is 6.